The van der Waals surface area contributed by atoms with Crippen LogP contribution in [0.3, 0.4) is 0 Å². The second kappa shape index (κ2) is 6.13. The monoisotopic (exact) mass is 207 g/mol. The minimum absolute atomic E-state index is 0. The zero-order chi connectivity index (χ0) is 9.78. The molecule has 0 rings (SSSR count). The first-order valence-electron chi connectivity index (χ1n) is 4.05. The molecule has 0 N–H and O–H groups in total. The Balaban J connectivity index is 0. The maximum Gasteiger partial charge on any atom is 0.215 e. The predicted octanol–water partition coefficient (Wildman–Crippen LogP) is -1.84. The first-order valence-corrected chi connectivity index (χ1v) is 4.05. The number of rotatable bonds is 5. The molecule has 0 aromatic heterocycles. The molecule has 4 heteroatoms. The van der Waals surface area contributed by atoms with Gasteiger partial charge in [0, 0.05) is 0 Å². The van der Waals surface area contributed by atoms with Gasteiger partial charge in [0.1, 0.15) is 6.61 Å². The summed E-state index contributed by atoms with van der Waals surface area (Å²) in [6, 6.07) is 0. The topological polar surface area (TPSA) is 26.3 Å². The molecule has 0 saturated heterocycles. The molecule has 0 atom stereocenters. The third kappa shape index (κ3) is 6.75. The minimum Gasteiger partial charge on any atom is -1.00 e. The summed E-state index contributed by atoms with van der Waals surface area (Å²) in [4.78, 5) is 16.6. The molecule has 78 valence electrons. The van der Waals surface area contributed by atoms with E-state index in [9.17, 15) is 4.79 Å². The van der Waals surface area contributed by atoms with Crippen molar-refractivity contribution in [2.75, 3.05) is 27.2 Å². The predicted molar refractivity (Wildman–Crippen MR) is 48.4 cm³/mol. The lowest BCUT2D eigenvalue weighted by Crippen LogP contribution is -3.00. The summed E-state index contributed by atoms with van der Waals surface area (Å²) in [6.07, 6.45) is 0. The Morgan fingerprint density at radius 2 is 1.92 bits per heavy atom. The SMILES string of the molecule is C=C(C)C(=O)C[N+](C)(C)OCC.[Cl-]. The Labute approximate surface area is 86.3 Å². The highest BCUT2D eigenvalue weighted by Gasteiger charge is 2.21. The van der Waals surface area contributed by atoms with Crippen LogP contribution in [0.25, 0.3) is 0 Å². The molecule has 0 aromatic carbocycles. The van der Waals surface area contributed by atoms with Crippen LogP contribution in [0.1, 0.15) is 13.8 Å². The highest BCUT2D eigenvalue weighted by atomic mass is 35.5. The van der Waals surface area contributed by atoms with E-state index >= 15 is 0 Å². The second-order valence-corrected chi connectivity index (χ2v) is 3.35. The first-order chi connectivity index (χ1) is 5.39. The zero-order valence-corrected chi connectivity index (χ0v) is 9.52. The van der Waals surface area contributed by atoms with Gasteiger partial charge >= 0.3 is 0 Å². The van der Waals surface area contributed by atoms with Gasteiger partial charge in [-0.3, -0.25) is 4.79 Å². The molecule has 13 heavy (non-hydrogen) atoms. The smallest absolute Gasteiger partial charge is 0.215 e. The number of hydrogen-bond acceptors (Lipinski definition) is 2. The van der Waals surface area contributed by atoms with Crippen molar-refractivity contribution >= 4 is 5.78 Å². The van der Waals surface area contributed by atoms with E-state index in [1.54, 1.807) is 6.92 Å². The number of carbonyl (C=O) groups is 1. The summed E-state index contributed by atoms with van der Waals surface area (Å²) in [5, 5.41) is 0. The van der Waals surface area contributed by atoms with E-state index in [1.165, 1.54) is 0 Å². The molecule has 0 amide bonds. The van der Waals surface area contributed by atoms with Crippen LogP contribution >= 0.6 is 0 Å². The van der Waals surface area contributed by atoms with E-state index in [4.69, 9.17) is 4.84 Å². The quantitative estimate of drug-likeness (QED) is 0.301. The number of hydroxylamine groups is 3. The third-order valence-electron chi connectivity index (χ3n) is 1.48. The third-order valence-corrected chi connectivity index (χ3v) is 1.48. The van der Waals surface area contributed by atoms with Crippen LogP contribution < -0.4 is 12.4 Å². The molecule has 0 unspecified atom stereocenters. The van der Waals surface area contributed by atoms with Crippen LogP contribution in [0.15, 0.2) is 12.2 Å². The van der Waals surface area contributed by atoms with Gasteiger partial charge in [0.2, 0.25) is 5.78 Å². The van der Waals surface area contributed by atoms with Crippen molar-refractivity contribution < 1.29 is 26.7 Å². The molecular weight excluding hydrogens is 190 g/mol. The summed E-state index contributed by atoms with van der Waals surface area (Å²) in [5.41, 5.74) is 0.584. The number of halogens is 1. The lowest BCUT2D eigenvalue weighted by Gasteiger charge is -2.25. The maximum atomic E-state index is 11.2. The van der Waals surface area contributed by atoms with Crippen LogP contribution in [0.5, 0.6) is 0 Å². The van der Waals surface area contributed by atoms with Crippen molar-refractivity contribution in [1.82, 2.24) is 0 Å². The molecule has 0 radical (unpaired) electrons. The Kier molecular flexibility index (Phi) is 7.13. The largest absolute Gasteiger partial charge is 1.00 e. The minimum atomic E-state index is 0. The molecule has 0 fully saturated rings. The van der Waals surface area contributed by atoms with E-state index in [0.29, 0.717) is 18.7 Å². The average Bonchev–Trinajstić information content (AvgIpc) is 1.85. The molecule has 0 heterocycles. The molecule has 0 spiro atoms. The highest BCUT2D eigenvalue weighted by Crippen LogP contribution is 2.01. The fraction of sp³-hybridized carbons (Fsp3) is 0.667. The standard InChI is InChI=1S/C9H18NO2.ClH/c1-6-12-10(4,5)7-9(11)8(2)3;/h2,6-7H2,1,3-5H3;1H/q+1;/p-1. The van der Waals surface area contributed by atoms with Crippen LogP contribution in [-0.4, -0.2) is 37.7 Å². The number of quaternary nitrogens is 1. The van der Waals surface area contributed by atoms with Crippen LogP contribution in [0, 0.1) is 0 Å². The fourth-order valence-electron chi connectivity index (χ4n) is 0.876. The van der Waals surface area contributed by atoms with Crippen molar-refractivity contribution in [3.8, 4) is 0 Å². The number of nitrogens with zero attached hydrogens (tertiary/aromatic N) is 1. The van der Waals surface area contributed by atoms with Gasteiger partial charge in [0.25, 0.3) is 0 Å². The summed E-state index contributed by atoms with van der Waals surface area (Å²) in [6.45, 7) is 8.17. The Hall–Kier alpha value is -0.380. The lowest BCUT2D eigenvalue weighted by molar-refractivity contribution is -1.07. The maximum absolute atomic E-state index is 11.2. The Bertz CT molecular complexity index is 190. The fourth-order valence-corrected chi connectivity index (χ4v) is 0.876. The van der Waals surface area contributed by atoms with Gasteiger partial charge < -0.3 is 12.4 Å². The van der Waals surface area contributed by atoms with Gasteiger partial charge in [-0.05, 0) is 19.4 Å². The van der Waals surface area contributed by atoms with Crippen molar-refractivity contribution in [3.63, 3.8) is 0 Å². The van der Waals surface area contributed by atoms with Crippen LogP contribution in [0.4, 0.5) is 0 Å². The average molecular weight is 208 g/mol. The van der Waals surface area contributed by atoms with Gasteiger partial charge in [-0.1, -0.05) is 6.58 Å². The van der Waals surface area contributed by atoms with Gasteiger partial charge in [-0.2, -0.15) is 4.65 Å². The number of hydrogen-bond donors (Lipinski definition) is 0. The lowest BCUT2D eigenvalue weighted by atomic mass is 10.2. The molecule has 0 aliphatic heterocycles. The van der Waals surface area contributed by atoms with E-state index in [1.807, 2.05) is 21.0 Å². The summed E-state index contributed by atoms with van der Waals surface area (Å²) in [7, 11) is 3.70. The van der Waals surface area contributed by atoms with Gasteiger partial charge in [0.15, 0.2) is 6.54 Å². The van der Waals surface area contributed by atoms with Gasteiger partial charge in [0.05, 0.1) is 14.1 Å². The number of carbonyl (C=O) groups excluding carboxylic acids is 1. The van der Waals surface area contributed by atoms with E-state index in [2.05, 4.69) is 6.58 Å². The summed E-state index contributed by atoms with van der Waals surface area (Å²) >= 11 is 0. The van der Waals surface area contributed by atoms with E-state index < -0.39 is 0 Å². The zero-order valence-electron chi connectivity index (χ0n) is 8.76. The van der Waals surface area contributed by atoms with E-state index in [0.717, 1.165) is 0 Å². The number of likely N-dealkylation sites (N-methyl/N-ethyl adjacent to an activating group) is 1. The van der Waals surface area contributed by atoms with Crippen LogP contribution in [-0.2, 0) is 9.63 Å². The Morgan fingerprint density at radius 3 is 2.23 bits per heavy atom. The summed E-state index contributed by atoms with van der Waals surface area (Å²) in [5.74, 6) is 0.0495. The van der Waals surface area contributed by atoms with Crippen LogP contribution in [0.2, 0.25) is 0 Å². The van der Waals surface area contributed by atoms with Crippen molar-refractivity contribution in [2.24, 2.45) is 0 Å². The van der Waals surface area contributed by atoms with Crippen molar-refractivity contribution in [2.45, 2.75) is 13.8 Å². The van der Waals surface area contributed by atoms with Gasteiger partial charge in [-0.15, -0.1) is 0 Å². The molecule has 3 nitrogen and oxygen atoms in total. The Morgan fingerprint density at radius 1 is 1.46 bits per heavy atom. The highest BCUT2D eigenvalue weighted by molar-refractivity contribution is 5.94. The number of ketones is 1. The first kappa shape index (κ1) is 15.1. The van der Waals surface area contributed by atoms with Crippen molar-refractivity contribution in [3.05, 3.63) is 12.2 Å². The van der Waals surface area contributed by atoms with Gasteiger partial charge in [-0.25, -0.2) is 4.84 Å². The number of Topliss-reactive ketones (excluding diaryl/α,β-unsaturated/α-hetero) is 1. The second-order valence-electron chi connectivity index (χ2n) is 3.35. The summed E-state index contributed by atoms with van der Waals surface area (Å²) < 4.78 is 0.266. The molecule has 0 aromatic rings. The molecule has 0 bridgehead atoms. The molecule has 0 aliphatic carbocycles. The normalized spacial score (nSPS) is 10.5. The molecule has 0 aliphatic rings. The van der Waals surface area contributed by atoms with E-state index in [-0.39, 0.29) is 22.8 Å². The van der Waals surface area contributed by atoms with Crippen molar-refractivity contribution in [1.29, 1.82) is 0 Å². The molecule has 0 saturated carbocycles. The molecular formula is C9H18ClNO2.